The van der Waals surface area contributed by atoms with E-state index in [2.05, 4.69) is 6.92 Å². The summed E-state index contributed by atoms with van der Waals surface area (Å²) in [6.07, 6.45) is 17.0. The molecule has 28 heavy (non-hydrogen) atoms. The number of amides is 1. The molecule has 7 heteroatoms. The maximum Gasteiger partial charge on any atom is 0.316 e. The third-order valence-electron chi connectivity index (χ3n) is 5.67. The smallest absolute Gasteiger partial charge is 0.316 e. The first kappa shape index (κ1) is 25.6. The van der Waals surface area contributed by atoms with E-state index in [1.807, 2.05) is 0 Å². The topological polar surface area (TPSA) is 87.1 Å². The van der Waals surface area contributed by atoms with Crippen molar-refractivity contribution in [1.29, 1.82) is 0 Å². The molecular formula is C21H42NO5P. The Kier molecular flexibility index (Phi) is 15.0. The van der Waals surface area contributed by atoms with Crippen LogP contribution in [0.2, 0.25) is 0 Å². The summed E-state index contributed by atoms with van der Waals surface area (Å²) in [6.45, 7) is 2.43. The van der Waals surface area contributed by atoms with Gasteiger partial charge in [0.25, 0.3) is 0 Å². The van der Waals surface area contributed by atoms with Gasteiger partial charge in [0.1, 0.15) is 0 Å². The van der Waals surface area contributed by atoms with Gasteiger partial charge in [0.05, 0.1) is 18.8 Å². The van der Waals surface area contributed by atoms with E-state index in [4.69, 9.17) is 9.42 Å². The molecule has 2 N–H and O–H groups in total. The van der Waals surface area contributed by atoms with E-state index in [1.54, 1.807) is 4.90 Å². The summed E-state index contributed by atoms with van der Waals surface area (Å²) in [5, 5.41) is 9.44. The number of unbranched alkanes of at least 4 members (excludes halogenated alkanes) is 12. The number of hydrogen-bond donors (Lipinski definition) is 2. The van der Waals surface area contributed by atoms with Crippen molar-refractivity contribution in [2.24, 2.45) is 0 Å². The summed E-state index contributed by atoms with van der Waals surface area (Å²) in [4.78, 5) is 22.9. The average Bonchev–Trinajstić information content (AvgIpc) is 3.07. The van der Waals surface area contributed by atoms with Crippen LogP contribution in [0, 0.1) is 0 Å². The van der Waals surface area contributed by atoms with Crippen molar-refractivity contribution in [3.8, 4) is 0 Å². The third kappa shape index (κ3) is 11.5. The number of carbonyl (C=O) groups is 1. The average molecular weight is 420 g/mol. The second-order valence-corrected chi connectivity index (χ2v) is 8.88. The molecule has 0 spiro atoms. The lowest BCUT2D eigenvalue weighted by atomic mass is 10.0. The highest BCUT2D eigenvalue weighted by Crippen LogP contribution is 2.28. The van der Waals surface area contributed by atoms with Gasteiger partial charge in [0.15, 0.2) is 0 Å². The van der Waals surface area contributed by atoms with E-state index in [0.717, 1.165) is 12.8 Å². The molecule has 1 heterocycles. The maximum atomic E-state index is 12.4. The van der Waals surface area contributed by atoms with Crippen LogP contribution in [0.25, 0.3) is 0 Å². The lowest BCUT2D eigenvalue weighted by Crippen LogP contribution is -2.37. The molecule has 1 rings (SSSR count). The van der Waals surface area contributed by atoms with Gasteiger partial charge in [-0.25, -0.2) is 0 Å². The minimum Gasteiger partial charge on any atom is -0.394 e. The molecule has 0 aromatic rings. The van der Waals surface area contributed by atoms with E-state index >= 15 is 0 Å². The molecule has 166 valence electrons. The summed E-state index contributed by atoms with van der Waals surface area (Å²) in [5.74, 6) is 0.0193. The van der Waals surface area contributed by atoms with E-state index < -0.39 is 14.4 Å². The Morgan fingerprint density at radius 1 is 0.964 bits per heavy atom. The van der Waals surface area contributed by atoms with Crippen molar-refractivity contribution >= 4 is 14.2 Å². The first-order valence-electron chi connectivity index (χ1n) is 11.4. The van der Waals surface area contributed by atoms with Crippen LogP contribution in [0.5, 0.6) is 0 Å². The van der Waals surface area contributed by atoms with Crippen LogP contribution >= 0.6 is 8.25 Å². The first-order chi connectivity index (χ1) is 13.6. The molecule has 3 atom stereocenters. The largest absolute Gasteiger partial charge is 0.394 e. The van der Waals surface area contributed by atoms with Crippen molar-refractivity contribution in [3.05, 3.63) is 0 Å². The number of aliphatic hydroxyl groups is 1. The molecule has 6 nitrogen and oxygen atoms in total. The fourth-order valence-electron chi connectivity index (χ4n) is 4.02. The van der Waals surface area contributed by atoms with Crippen LogP contribution < -0.4 is 0 Å². The Balaban J connectivity index is 1.99. The van der Waals surface area contributed by atoms with E-state index in [-0.39, 0.29) is 18.6 Å². The van der Waals surface area contributed by atoms with E-state index in [0.29, 0.717) is 19.4 Å². The predicted molar refractivity (Wildman–Crippen MR) is 114 cm³/mol. The van der Waals surface area contributed by atoms with E-state index in [9.17, 15) is 14.5 Å². The number of rotatable bonds is 17. The number of carbonyl (C=O) groups excluding carboxylic acids is 1. The van der Waals surface area contributed by atoms with Gasteiger partial charge in [-0.1, -0.05) is 84.0 Å². The summed E-state index contributed by atoms with van der Waals surface area (Å²) < 4.78 is 15.8. The molecule has 0 aliphatic carbocycles. The lowest BCUT2D eigenvalue weighted by Gasteiger charge is -2.22. The molecule has 1 saturated heterocycles. The second kappa shape index (κ2) is 16.4. The molecule has 1 aliphatic heterocycles. The standard InChI is InChI=1S/C21H42NO5P/c1-2-3-4-5-6-7-8-9-10-11-12-13-14-15-21(24)22-17-20(27-28(25)26)16-19(22)18-23/h19-20,23,28H,2-18H2,1H3,(H,25,26)/t19-,20+/m0/s1. The fraction of sp³-hybridized carbons (Fsp3) is 0.952. The van der Waals surface area contributed by atoms with Crippen molar-refractivity contribution in [2.75, 3.05) is 13.2 Å². The number of aliphatic hydroxyl groups excluding tert-OH is 1. The van der Waals surface area contributed by atoms with Gasteiger partial charge in [0, 0.05) is 13.0 Å². The zero-order valence-electron chi connectivity index (χ0n) is 17.7. The van der Waals surface area contributed by atoms with Crippen LogP contribution in [0.3, 0.4) is 0 Å². The second-order valence-electron chi connectivity index (χ2n) is 8.12. The van der Waals surface area contributed by atoms with Gasteiger partial charge in [-0.15, -0.1) is 0 Å². The number of hydrogen-bond acceptors (Lipinski definition) is 4. The molecular weight excluding hydrogens is 377 g/mol. The van der Waals surface area contributed by atoms with Crippen LogP contribution in [0.4, 0.5) is 0 Å². The molecule has 1 aliphatic rings. The quantitative estimate of drug-likeness (QED) is 0.260. The Hall–Kier alpha value is -0.420. The SMILES string of the molecule is CCCCCCCCCCCCCCCC(=O)N1C[C@H](O[PH](=O)O)C[C@H]1CO. The third-order valence-corrected chi connectivity index (χ3v) is 6.20. The highest BCUT2D eigenvalue weighted by Gasteiger charge is 2.35. The monoisotopic (exact) mass is 419 g/mol. The molecule has 1 fully saturated rings. The Morgan fingerprint density at radius 2 is 1.46 bits per heavy atom. The highest BCUT2D eigenvalue weighted by molar-refractivity contribution is 7.32. The van der Waals surface area contributed by atoms with Gasteiger partial charge in [-0.05, 0) is 12.8 Å². The molecule has 0 aromatic carbocycles. The van der Waals surface area contributed by atoms with Crippen LogP contribution in [-0.4, -0.2) is 46.1 Å². The summed E-state index contributed by atoms with van der Waals surface area (Å²) in [7, 11) is -3.01. The molecule has 1 unspecified atom stereocenters. The van der Waals surface area contributed by atoms with Gasteiger partial charge in [-0.2, -0.15) is 0 Å². The normalized spacial score (nSPS) is 20.6. The minimum absolute atomic E-state index is 0.0193. The number of likely N-dealkylation sites (tertiary alicyclic amines) is 1. The van der Waals surface area contributed by atoms with Gasteiger partial charge in [0.2, 0.25) is 5.91 Å². The summed E-state index contributed by atoms with van der Waals surface area (Å²) in [6, 6.07) is -0.291. The van der Waals surface area contributed by atoms with Crippen LogP contribution in [0.1, 0.15) is 103 Å². The lowest BCUT2D eigenvalue weighted by molar-refractivity contribution is -0.133. The van der Waals surface area contributed by atoms with Gasteiger partial charge < -0.3 is 19.4 Å². The zero-order valence-corrected chi connectivity index (χ0v) is 18.7. The Morgan fingerprint density at radius 3 is 1.93 bits per heavy atom. The molecule has 0 saturated carbocycles. The molecule has 1 amide bonds. The maximum absolute atomic E-state index is 12.4. The molecule has 0 radical (unpaired) electrons. The molecule has 0 aromatic heterocycles. The first-order valence-corrected chi connectivity index (χ1v) is 12.6. The van der Waals surface area contributed by atoms with Crippen LogP contribution in [0.15, 0.2) is 0 Å². The van der Waals surface area contributed by atoms with Crippen molar-refractivity contribution in [3.63, 3.8) is 0 Å². The zero-order chi connectivity index (χ0) is 20.6. The van der Waals surface area contributed by atoms with Crippen molar-refractivity contribution in [2.45, 2.75) is 115 Å². The van der Waals surface area contributed by atoms with E-state index in [1.165, 1.54) is 70.6 Å². The Labute approximate surface area is 172 Å². The summed E-state index contributed by atoms with van der Waals surface area (Å²) in [5.41, 5.74) is 0. The molecule has 0 bridgehead atoms. The van der Waals surface area contributed by atoms with Gasteiger partial charge in [-0.3, -0.25) is 9.36 Å². The van der Waals surface area contributed by atoms with Gasteiger partial charge >= 0.3 is 8.25 Å². The van der Waals surface area contributed by atoms with Crippen LogP contribution in [-0.2, 0) is 13.9 Å². The van der Waals surface area contributed by atoms with Crippen molar-refractivity contribution < 1.29 is 23.9 Å². The predicted octanol–water partition coefficient (Wildman–Crippen LogP) is 4.83. The number of nitrogens with zero attached hydrogens (tertiary/aromatic N) is 1. The van der Waals surface area contributed by atoms with Crippen molar-refractivity contribution in [1.82, 2.24) is 4.90 Å². The summed E-state index contributed by atoms with van der Waals surface area (Å²) >= 11 is 0. The minimum atomic E-state index is -3.01. The Bertz CT molecular complexity index is 435. The highest BCUT2D eigenvalue weighted by atomic mass is 31.1. The fourth-order valence-corrected chi connectivity index (χ4v) is 4.47.